The maximum absolute atomic E-state index is 11.6. The predicted molar refractivity (Wildman–Crippen MR) is 77.4 cm³/mol. The van der Waals surface area contributed by atoms with Crippen molar-refractivity contribution in [3.05, 3.63) is 59.4 Å². The van der Waals surface area contributed by atoms with E-state index in [4.69, 9.17) is 16.3 Å². The minimum Gasteiger partial charge on any atom is -0.426 e. The molecule has 3 nitrogen and oxygen atoms in total. The lowest BCUT2D eigenvalue weighted by molar-refractivity contribution is -0.134. The number of halogens is 1. The van der Waals surface area contributed by atoms with E-state index in [0.29, 0.717) is 22.9 Å². The fraction of sp³-hybridized carbons (Fsp3) is 0.125. The summed E-state index contributed by atoms with van der Waals surface area (Å²) >= 11 is 5.80. The number of rotatable bonds is 3. The van der Waals surface area contributed by atoms with Crippen molar-refractivity contribution in [2.24, 2.45) is 0 Å². The zero-order chi connectivity index (χ0) is 14.2. The normalized spacial score (nSPS) is 9.45. The first-order chi connectivity index (χ1) is 9.74. The summed E-state index contributed by atoms with van der Waals surface area (Å²) in [6.45, 7) is 0. The first-order valence-corrected chi connectivity index (χ1v) is 6.48. The van der Waals surface area contributed by atoms with E-state index in [-0.39, 0.29) is 12.4 Å². The van der Waals surface area contributed by atoms with Gasteiger partial charge in [0, 0.05) is 17.6 Å². The van der Waals surface area contributed by atoms with E-state index in [1.165, 1.54) is 0 Å². The predicted octanol–water partition coefficient (Wildman–Crippen LogP) is 3.47. The molecule has 100 valence electrons. The Labute approximate surface area is 122 Å². The van der Waals surface area contributed by atoms with Crippen LogP contribution >= 0.6 is 11.6 Å². The molecule has 0 unspecified atom stereocenters. The van der Waals surface area contributed by atoms with Crippen molar-refractivity contribution >= 4 is 17.6 Å². The average Bonchev–Trinajstić information content (AvgIpc) is 2.45. The van der Waals surface area contributed by atoms with Crippen molar-refractivity contribution in [2.75, 3.05) is 0 Å². The number of hydrogen-bond donors (Lipinski definition) is 0. The molecule has 20 heavy (non-hydrogen) atoms. The van der Waals surface area contributed by atoms with Crippen LogP contribution in [0.1, 0.15) is 18.5 Å². The fourth-order valence-electron chi connectivity index (χ4n) is 1.47. The van der Waals surface area contributed by atoms with Crippen LogP contribution in [0.25, 0.3) is 0 Å². The van der Waals surface area contributed by atoms with Gasteiger partial charge >= 0.3 is 5.97 Å². The molecule has 0 fully saturated rings. The Balaban J connectivity index is 1.80. The third kappa shape index (κ3) is 4.75. The summed E-state index contributed by atoms with van der Waals surface area (Å²) in [7, 11) is 0. The summed E-state index contributed by atoms with van der Waals surface area (Å²) in [6.07, 6.45) is 2.33. The quantitative estimate of drug-likeness (QED) is 0.492. The molecule has 1 aromatic heterocycles. The summed E-state index contributed by atoms with van der Waals surface area (Å²) in [5.74, 6) is 5.89. The summed E-state index contributed by atoms with van der Waals surface area (Å²) in [5, 5.41) is 0.533. The molecule has 0 amide bonds. The zero-order valence-corrected chi connectivity index (χ0v) is 11.4. The van der Waals surface area contributed by atoms with Gasteiger partial charge in [0.2, 0.25) is 0 Å². The molecule has 0 saturated carbocycles. The van der Waals surface area contributed by atoms with Crippen molar-refractivity contribution in [1.29, 1.82) is 0 Å². The Bertz CT molecular complexity index is 644. The lowest BCUT2D eigenvalue weighted by Gasteiger charge is -2.02. The Kier molecular flexibility index (Phi) is 5.16. The second-order valence-electron chi connectivity index (χ2n) is 3.95. The molecular weight excluding hydrogens is 274 g/mol. The highest BCUT2D eigenvalue weighted by Gasteiger charge is 2.03. The van der Waals surface area contributed by atoms with Crippen LogP contribution in [-0.4, -0.2) is 11.0 Å². The molecule has 1 heterocycles. The molecule has 1 aromatic carbocycles. The van der Waals surface area contributed by atoms with Gasteiger partial charge in [0.1, 0.15) is 11.4 Å². The Hall–Kier alpha value is -2.31. The Morgan fingerprint density at radius 3 is 2.90 bits per heavy atom. The lowest BCUT2D eigenvalue weighted by atomic mass is 10.3. The second-order valence-corrected chi connectivity index (χ2v) is 4.38. The molecule has 0 aliphatic heterocycles. The fourth-order valence-corrected chi connectivity index (χ4v) is 1.65. The summed E-state index contributed by atoms with van der Waals surface area (Å²) in [6, 6.07) is 12.2. The molecule has 0 atom stereocenters. The highest BCUT2D eigenvalue weighted by Crippen LogP contribution is 2.17. The van der Waals surface area contributed by atoms with Crippen LogP contribution in [0.15, 0.2) is 48.7 Å². The van der Waals surface area contributed by atoms with Crippen LogP contribution in [0.2, 0.25) is 5.02 Å². The Morgan fingerprint density at radius 1 is 1.25 bits per heavy atom. The largest absolute Gasteiger partial charge is 0.426 e. The third-order valence-electron chi connectivity index (χ3n) is 2.36. The first kappa shape index (κ1) is 14.1. The molecule has 0 saturated heterocycles. The SMILES string of the molecule is O=C(CCC#Cc1ccccn1)Oc1cccc(Cl)c1. The minimum atomic E-state index is -0.331. The van der Waals surface area contributed by atoms with Crippen LogP contribution in [0.5, 0.6) is 5.75 Å². The van der Waals surface area contributed by atoms with Crippen molar-refractivity contribution in [3.63, 3.8) is 0 Å². The van der Waals surface area contributed by atoms with E-state index in [9.17, 15) is 4.79 Å². The number of pyridine rings is 1. The van der Waals surface area contributed by atoms with Gasteiger partial charge < -0.3 is 4.74 Å². The average molecular weight is 286 g/mol. The topological polar surface area (TPSA) is 39.2 Å². The van der Waals surface area contributed by atoms with Crippen molar-refractivity contribution < 1.29 is 9.53 Å². The number of benzene rings is 1. The van der Waals surface area contributed by atoms with Crippen molar-refractivity contribution in [2.45, 2.75) is 12.8 Å². The first-order valence-electron chi connectivity index (χ1n) is 6.10. The van der Waals surface area contributed by atoms with Crippen LogP contribution < -0.4 is 4.74 Å². The number of hydrogen-bond acceptors (Lipinski definition) is 3. The molecule has 2 aromatic rings. The molecule has 0 aliphatic carbocycles. The molecule has 0 spiro atoms. The van der Waals surface area contributed by atoms with Gasteiger partial charge in [0.15, 0.2) is 0 Å². The monoisotopic (exact) mass is 285 g/mol. The maximum atomic E-state index is 11.6. The Morgan fingerprint density at radius 2 is 2.15 bits per heavy atom. The zero-order valence-electron chi connectivity index (χ0n) is 10.7. The third-order valence-corrected chi connectivity index (χ3v) is 2.60. The summed E-state index contributed by atoms with van der Waals surface area (Å²) in [5.41, 5.74) is 0.690. The van der Waals surface area contributed by atoms with Gasteiger partial charge in [-0.15, -0.1) is 0 Å². The summed E-state index contributed by atoms with van der Waals surface area (Å²) < 4.78 is 5.14. The molecular formula is C16H12ClNO2. The van der Waals surface area contributed by atoms with Crippen molar-refractivity contribution in [1.82, 2.24) is 4.98 Å². The molecule has 0 N–H and O–H groups in total. The number of aromatic nitrogens is 1. The summed E-state index contributed by atoms with van der Waals surface area (Å²) in [4.78, 5) is 15.7. The number of esters is 1. The van der Waals surface area contributed by atoms with E-state index < -0.39 is 0 Å². The number of nitrogens with zero attached hydrogens (tertiary/aromatic N) is 1. The maximum Gasteiger partial charge on any atom is 0.312 e. The van der Waals surface area contributed by atoms with Gasteiger partial charge in [0.25, 0.3) is 0 Å². The van der Waals surface area contributed by atoms with Gasteiger partial charge in [-0.25, -0.2) is 4.98 Å². The standard InChI is InChI=1S/C16H12ClNO2/c17-13-6-5-9-15(12-13)20-16(19)10-2-1-7-14-8-3-4-11-18-14/h3-6,8-9,11-12H,2,10H2. The molecule has 0 radical (unpaired) electrons. The minimum absolute atomic E-state index is 0.229. The van der Waals surface area contributed by atoms with Gasteiger partial charge in [-0.1, -0.05) is 29.7 Å². The van der Waals surface area contributed by atoms with Crippen LogP contribution in [0, 0.1) is 11.8 Å². The highest BCUT2D eigenvalue weighted by atomic mass is 35.5. The van der Waals surface area contributed by atoms with Crippen molar-refractivity contribution in [3.8, 4) is 17.6 Å². The molecule has 0 bridgehead atoms. The van der Waals surface area contributed by atoms with Crippen LogP contribution in [-0.2, 0) is 4.79 Å². The molecule has 4 heteroatoms. The van der Waals surface area contributed by atoms with E-state index in [1.54, 1.807) is 30.5 Å². The van der Waals surface area contributed by atoms with Gasteiger partial charge in [-0.3, -0.25) is 4.79 Å². The highest BCUT2D eigenvalue weighted by molar-refractivity contribution is 6.30. The van der Waals surface area contributed by atoms with Crippen LogP contribution in [0.4, 0.5) is 0 Å². The van der Waals surface area contributed by atoms with Gasteiger partial charge in [-0.2, -0.15) is 0 Å². The second kappa shape index (κ2) is 7.32. The van der Waals surface area contributed by atoms with E-state index in [1.807, 2.05) is 18.2 Å². The molecule has 2 rings (SSSR count). The van der Waals surface area contributed by atoms with Gasteiger partial charge in [0.05, 0.1) is 6.42 Å². The lowest BCUT2D eigenvalue weighted by Crippen LogP contribution is -2.06. The van der Waals surface area contributed by atoms with Crippen LogP contribution in [0.3, 0.4) is 0 Å². The van der Waals surface area contributed by atoms with E-state index in [0.717, 1.165) is 0 Å². The van der Waals surface area contributed by atoms with E-state index in [2.05, 4.69) is 16.8 Å². The number of ether oxygens (including phenoxy) is 1. The number of carbonyl (C=O) groups is 1. The number of carbonyl (C=O) groups excluding carboxylic acids is 1. The van der Waals surface area contributed by atoms with Gasteiger partial charge in [-0.05, 0) is 36.3 Å². The smallest absolute Gasteiger partial charge is 0.312 e. The van der Waals surface area contributed by atoms with E-state index >= 15 is 0 Å². The molecule has 0 aliphatic rings.